The van der Waals surface area contributed by atoms with Crippen molar-refractivity contribution in [3.05, 3.63) is 40.8 Å². The van der Waals surface area contributed by atoms with Crippen molar-refractivity contribution < 1.29 is 0 Å². The molecule has 0 amide bonds. The number of hydrogen-bond acceptors (Lipinski definition) is 6. The second kappa shape index (κ2) is 5.95. The van der Waals surface area contributed by atoms with Crippen molar-refractivity contribution in [3.63, 3.8) is 0 Å². The Hall–Kier alpha value is -1.50. The van der Waals surface area contributed by atoms with E-state index in [0.29, 0.717) is 6.04 Å². The summed E-state index contributed by atoms with van der Waals surface area (Å²) < 4.78 is 1.27. The molecule has 4 rings (SSSR count). The van der Waals surface area contributed by atoms with Gasteiger partial charge in [0.15, 0.2) is 5.13 Å². The van der Waals surface area contributed by atoms with Gasteiger partial charge in [0.1, 0.15) is 5.01 Å². The molecule has 1 aliphatic heterocycles. The molecule has 1 unspecified atom stereocenters. The average molecular weight is 330 g/mol. The maximum Gasteiger partial charge on any atom is 0.186 e. The maximum absolute atomic E-state index is 4.77. The molecule has 1 fully saturated rings. The van der Waals surface area contributed by atoms with Gasteiger partial charge in [-0.05, 0) is 19.1 Å². The molecular formula is C16H18N4S2. The van der Waals surface area contributed by atoms with Gasteiger partial charge in [0, 0.05) is 37.8 Å². The highest BCUT2D eigenvalue weighted by Crippen LogP contribution is 2.30. The minimum Gasteiger partial charge on any atom is -0.345 e. The molecule has 22 heavy (non-hydrogen) atoms. The van der Waals surface area contributed by atoms with Crippen molar-refractivity contribution in [2.75, 3.05) is 31.1 Å². The first kappa shape index (κ1) is 14.1. The van der Waals surface area contributed by atoms with E-state index in [-0.39, 0.29) is 0 Å². The van der Waals surface area contributed by atoms with E-state index < -0.39 is 0 Å². The zero-order valence-electron chi connectivity index (χ0n) is 12.5. The summed E-state index contributed by atoms with van der Waals surface area (Å²) in [6, 6.07) is 8.79. The summed E-state index contributed by atoms with van der Waals surface area (Å²) in [6.07, 6.45) is 1.90. The third kappa shape index (κ3) is 2.62. The number of piperazine rings is 1. The summed E-state index contributed by atoms with van der Waals surface area (Å²) >= 11 is 3.55. The zero-order chi connectivity index (χ0) is 14.9. The predicted molar refractivity (Wildman–Crippen MR) is 93.9 cm³/mol. The Bertz CT molecular complexity index is 711. The lowest BCUT2D eigenvalue weighted by atomic mass is 10.2. The van der Waals surface area contributed by atoms with Gasteiger partial charge in [-0.25, -0.2) is 9.97 Å². The van der Waals surface area contributed by atoms with Gasteiger partial charge in [-0.15, -0.1) is 11.3 Å². The van der Waals surface area contributed by atoms with Crippen LogP contribution in [0.15, 0.2) is 35.8 Å². The van der Waals surface area contributed by atoms with Crippen LogP contribution in [0.3, 0.4) is 0 Å². The summed E-state index contributed by atoms with van der Waals surface area (Å²) in [5.74, 6) is 0. The lowest BCUT2D eigenvalue weighted by Crippen LogP contribution is -2.47. The molecule has 0 saturated carbocycles. The first-order valence-corrected chi connectivity index (χ1v) is 9.25. The lowest BCUT2D eigenvalue weighted by molar-refractivity contribution is 0.198. The lowest BCUT2D eigenvalue weighted by Gasteiger charge is -2.37. The molecule has 1 saturated heterocycles. The highest BCUT2D eigenvalue weighted by molar-refractivity contribution is 7.22. The molecule has 114 valence electrons. The normalized spacial score (nSPS) is 18.0. The van der Waals surface area contributed by atoms with Crippen molar-refractivity contribution in [3.8, 4) is 0 Å². The van der Waals surface area contributed by atoms with Crippen LogP contribution in [0, 0.1) is 0 Å². The fourth-order valence-electron chi connectivity index (χ4n) is 2.89. The molecular weight excluding hydrogens is 312 g/mol. The standard InChI is InChI=1S/C16H18N4S2/c1-12(15-17-6-11-21-15)19-7-9-20(10-8-19)16-18-13-4-2-3-5-14(13)22-16/h2-6,11-12H,7-10H2,1H3. The van der Waals surface area contributed by atoms with Gasteiger partial charge in [-0.2, -0.15) is 0 Å². The van der Waals surface area contributed by atoms with Crippen molar-refractivity contribution >= 4 is 38.0 Å². The summed E-state index contributed by atoms with van der Waals surface area (Å²) in [4.78, 5) is 14.2. The van der Waals surface area contributed by atoms with E-state index >= 15 is 0 Å². The van der Waals surface area contributed by atoms with Gasteiger partial charge in [-0.3, -0.25) is 4.90 Å². The molecule has 1 atom stereocenters. The largest absolute Gasteiger partial charge is 0.345 e. The third-order valence-electron chi connectivity index (χ3n) is 4.22. The van der Waals surface area contributed by atoms with Gasteiger partial charge in [0.05, 0.1) is 16.3 Å². The molecule has 1 aliphatic rings. The van der Waals surface area contributed by atoms with Crippen LogP contribution < -0.4 is 4.90 Å². The number of aromatic nitrogens is 2. The number of anilines is 1. The van der Waals surface area contributed by atoms with Crippen LogP contribution in [0.25, 0.3) is 10.2 Å². The van der Waals surface area contributed by atoms with Crippen LogP contribution in [-0.2, 0) is 0 Å². The number of fused-ring (bicyclic) bond motifs is 1. The quantitative estimate of drug-likeness (QED) is 0.734. The molecule has 3 heterocycles. The summed E-state index contributed by atoms with van der Waals surface area (Å²) in [5, 5.41) is 4.43. The predicted octanol–water partition coefficient (Wildman–Crippen LogP) is 3.64. The zero-order valence-corrected chi connectivity index (χ0v) is 14.1. The third-order valence-corrected chi connectivity index (χ3v) is 6.27. The Balaban J connectivity index is 1.45. The smallest absolute Gasteiger partial charge is 0.186 e. The van der Waals surface area contributed by atoms with Crippen LogP contribution in [-0.4, -0.2) is 41.0 Å². The fraction of sp³-hybridized carbons (Fsp3) is 0.375. The monoisotopic (exact) mass is 330 g/mol. The van der Waals surface area contributed by atoms with Crippen LogP contribution in [0.1, 0.15) is 18.0 Å². The molecule has 0 aliphatic carbocycles. The van der Waals surface area contributed by atoms with E-state index in [1.807, 2.05) is 6.20 Å². The first-order valence-electron chi connectivity index (χ1n) is 7.55. The fourth-order valence-corrected chi connectivity index (χ4v) is 4.64. The number of para-hydroxylation sites is 1. The highest BCUT2D eigenvalue weighted by atomic mass is 32.1. The molecule has 1 aromatic carbocycles. The number of thiazole rings is 2. The number of nitrogens with zero attached hydrogens (tertiary/aromatic N) is 4. The minimum absolute atomic E-state index is 0.414. The number of hydrogen-bond donors (Lipinski definition) is 0. The molecule has 0 spiro atoms. The van der Waals surface area contributed by atoms with Crippen LogP contribution in [0.2, 0.25) is 0 Å². The average Bonchev–Trinajstić information content (AvgIpc) is 3.23. The Morgan fingerprint density at radius 1 is 1.14 bits per heavy atom. The Labute approximate surface area is 138 Å². The van der Waals surface area contributed by atoms with Gasteiger partial charge < -0.3 is 4.90 Å². The van der Waals surface area contributed by atoms with E-state index in [9.17, 15) is 0 Å². The van der Waals surface area contributed by atoms with Crippen molar-refractivity contribution in [2.24, 2.45) is 0 Å². The van der Waals surface area contributed by atoms with Gasteiger partial charge in [0.25, 0.3) is 0 Å². The highest BCUT2D eigenvalue weighted by Gasteiger charge is 2.24. The second-order valence-electron chi connectivity index (χ2n) is 5.53. The topological polar surface area (TPSA) is 32.3 Å². The van der Waals surface area contributed by atoms with Gasteiger partial charge in [0.2, 0.25) is 0 Å². The molecule has 0 radical (unpaired) electrons. The summed E-state index contributed by atoms with van der Waals surface area (Å²) in [7, 11) is 0. The van der Waals surface area contributed by atoms with Crippen LogP contribution in [0.5, 0.6) is 0 Å². The van der Waals surface area contributed by atoms with Crippen LogP contribution in [0.4, 0.5) is 5.13 Å². The van der Waals surface area contributed by atoms with E-state index in [1.54, 1.807) is 22.7 Å². The molecule has 6 heteroatoms. The molecule has 0 N–H and O–H groups in total. The van der Waals surface area contributed by atoms with Crippen molar-refractivity contribution in [2.45, 2.75) is 13.0 Å². The van der Waals surface area contributed by atoms with Crippen molar-refractivity contribution in [1.82, 2.24) is 14.9 Å². The molecule has 2 aromatic heterocycles. The number of benzene rings is 1. The second-order valence-corrected chi connectivity index (χ2v) is 7.47. The summed E-state index contributed by atoms with van der Waals surface area (Å²) in [5.41, 5.74) is 1.11. The van der Waals surface area contributed by atoms with Crippen LogP contribution >= 0.6 is 22.7 Å². The van der Waals surface area contributed by atoms with E-state index in [1.165, 1.54) is 9.71 Å². The van der Waals surface area contributed by atoms with E-state index in [2.05, 4.69) is 51.4 Å². The first-order chi connectivity index (χ1) is 10.8. The Morgan fingerprint density at radius 2 is 1.95 bits per heavy atom. The number of rotatable bonds is 3. The Kier molecular flexibility index (Phi) is 3.82. The van der Waals surface area contributed by atoms with E-state index in [0.717, 1.165) is 36.8 Å². The molecule has 0 bridgehead atoms. The minimum atomic E-state index is 0.414. The van der Waals surface area contributed by atoms with Crippen molar-refractivity contribution in [1.29, 1.82) is 0 Å². The van der Waals surface area contributed by atoms with E-state index in [4.69, 9.17) is 4.98 Å². The van der Waals surface area contributed by atoms with Gasteiger partial charge >= 0.3 is 0 Å². The van der Waals surface area contributed by atoms with Gasteiger partial charge in [-0.1, -0.05) is 23.5 Å². The Morgan fingerprint density at radius 3 is 2.68 bits per heavy atom. The summed E-state index contributed by atoms with van der Waals surface area (Å²) in [6.45, 7) is 6.46. The maximum atomic E-state index is 4.77. The molecule has 4 nitrogen and oxygen atoms in total. The SMILES string of the molecule is CC(c1nccs1)N1CCN(c2nc3ccccc3s2)CC1. The molecule has 3 aromatic rings.